The van der Waals surface area contributed by atoms with E-state index in [0.717, 1.165) is 10.6 Å². The fourth-order valence-electron chi connectivity index (χ4n) is 2.72. The minimum Gasteiger partial charge on any atom is -0.496 e. The summed E-state index contributed by atoms with van der Waals surface area (Å²) in [4.78, 5) is 28.8. The van der Waals surface area contributed by atoms with Crippen molar-refractivity contribution >= 4 is 23.1 Å². The average molecular weight is 397 g/mol. The summed E-state index contributed by atoms with van der Waals surface area (Å²) >= 11 is 1.45. The second-order valence-electron chi connectivity index (χ2n) is 5.85. The summed E-state index contributed by atoms with van der Waals surface area (Å²) in [7, 11) is 2.76. The van der Waals surface area contributed by atoms with Gasteiger partial charge in [-0.05, 0) is 18.2 Å². The molecule has 28 heavy (non-hydrogen) atoms. The van der Waals surface area contributed by atoms with E-state index in [9.17, 15) is 9.59 Å². The number of para-hydroxylation sites is 1. The first-order chi connectivity index (χ1) is 13.6. The van der Waals surface area contributed by atoms with E-state index in [-0.39, 0.29) is 24.2 Å². The first-order valence-corrected chi connectivity index (χ1v) is 9.41. The smallest absolute Gasteiger partial charge is 0.345 e. The maximum atomic E-state index is 12.4. The molecule has 0 bridgehead atoms. The van der Waals surface area contributed by atoms with Crippen LogP contribution in [0.2, 0.25) is 0 Å². The van der Waals surface area contributed by atoms with Gasteiger partial charge in [-0.2, -0.15) is 0 Å². The molecule has 0 spiro atoms. The van der Waals surface area contributed by atoms with Gasteiger partial charge in [0.2, 0.25) is 0 Å². The lowest BCUT2D eigenvalue weighted by atomic mass is 10.1. The zero-order chi connectivity index (χ0) is 19.9. The van der Waals surface area contributed by atoms with Crippen molar-refractivity contribution in [2.75, 3.05) is 14.2 Å². The van der Waals surface area contributed by atoms with Gasteiger partial charge in [-0.25, -0.2) is 9.78 Å². The molecule has 3 aromatic rings. The van der Waals surface area contributed by atoms with E-state index in [4.69, 9.17) is 14.2 Å². The van der Waals surface area contributed by atoms with Crippen LogP contribution in [0.25, 0.3) is 0 Å². The van der Waals surface area contributed by atoms with Crippen LogP contribution in [0.1, 0.15) is 20.9 Å². The number of esters is 1. The third-order valence-electron chi connectivity index (χ3n) is 4.01. The van der Waals surface area contributed by atoms with Crippen molar-refractivity contribution in [2.24, 2.45) is 0 Å². The van der Waals surface area contributed by atoms with Gasteiger partial charge in [0.05, 0.1) is 25.6 Å². The summed E-state index contributed by atoms with van der Waals surface area (Å²) in [6, 6.07) is 12.3. The van der Waals surface area contributed by atoms with Gasteiger partial charge in [-0.15, -0.1) is 11.3 Å². The summed E-state index contributed by atoms with van der Waals surface area (Å²) in [6.07, 6.45) is 2.16. The average Bonchev–Trinajstić information content (AvgIpc) is 3.21. The van der Waals surface area contributed by atoms with Crippen molar-refractivity contribution in [3.8, 4) is 17.2 Å². The van der Waals surface area contributed by atoms with Crippen molar-refractivity contribution in [1.29, 1.82) is 0 Å². The van der Waals surface area contributed by atoms with Crippen LogP contribution in [-0.4, -0.2) is 31.0 Å². The van der Waals surface area contributed by atoms with E-state index in [0.29, 0.717) is 17.2 Å². The van der Waals surface area contributed by atoms with Crippen molar-refractivity contribution in [1.82, 2.24) is 4.98 Å². The molecule has 0 saturated carbocycles. The van der Waals surface area contributed by atoms with Crippen molar-refractivity contribution in [2.45, 2.75) is 12.8 Å². The van der Waals surface area contributed by atoms with Crippen LogP contribution in [0, 0.1) is 0 Å². The lowest BCUT2D eigenvalue weighted by Gasteiger charge is -2.15. The summed E-state index contributed by atoms with van der Waals surface area (Å²) in [5.41, 5.74) is 0.916. The van der Waals surface area contributed by atoms with Crippen LogP contribution in [0.4, 0.5) is 0 Å². The highest BCUT2D eigenvalue weighted by Gasteiger charge is 2.21. The molecule has 0 aliphatic rings. The topological polar surface area (TPSA) is 74.7 Å². The van der Waals surface area contributed by atoms with Crippen LogP contribution in [0.3, 0.4) is 0 Å². The zero-order valence-corrected chi connectivity index (χ0v) is 16.3. The number of thiazole rings is 1. The molecule has 1 heterocycles. The Balaban J connectivity index is 1.86. The third-order valence-corrected chi connectivity index (χ3v) is 4.79. The Morgan fingerprint density at radius 1 is 0.964 bits per heavy atom. The zero-order valence-electron chi connectivity index (χ0n) is 15.5. The fraction of sp³-hybridized carbons (Fsp3) is 0.190. The number of ether oxygens (including phenoxy) is 3. The Bertz CT molecular complexity index is 969. The predicted octanol–water partition coefficient (Wildman–Crippen LogP) is 4.08. The minimum absolute atomic E-state index is 0.0323. The number of carbonyl (C=O) groups excluding carboxylic acids is 2. The van der Waals surface area contributed by atoms with Gasteiger partial charge in [0, 0.05) is 23.6 Å². The number of aromatic nitrogens is 1. The summed E-state index contributed by atoms with van der Waals surface area (Å²) < 4.78 is 16.1. The van der Waals surface area contributed by atoms with Gasteiger partial charge in [0.25, 0.3) is 0 Å². The number of methoxy groups -OCH3 is 2. The van der Waals surface area contributed by atoms with Crippen molar-refractivity contribution in [3.05, 3.63) is 70.2 Å². The van der Waals surface area contributed by atoms with Gasteiger partial charge in [0.1, 0.15) is 28.6 Å². The Morgan fingerprint density at radius 2 is 1.71 bits per heavy atom. The predicted molar refractivity (Wildman–Crippen MR) is 105 cm³/mol. The molecule has 2 aromatic carbocycles. The number of ketones is 1. The van der Waals surface area contributed by atoms with Gasteiger partial charge in [0.15, 0.2) is 0 Å². The molecule has 0 radical (unpaired) electrons. The molecule has 0 aliphatic heterocycles. The van der Waals surface area contributed by atoms with Gasteiger partial charge < -0.3 is 14.2 Å². The van der Waals surface area contributed by atoms with Crippen LogP contribution >= 0.6 is 11.3 Å². The molecule has 6 nitrogen and oxygen atoms in total. The molecule has 0 saturated heterocycles. The largest absolute Gasteiger partial charge is 0.496 e. The van der Waals surface area contributed by atoms with E-state index in [1.165, 1.54) is 25.6 Å². The monoisotopic (exact) mass is 397 g/mol. The molecular weight excluding hydrogens is 378 g/mol. The highest BCUT2D eigenvalue weighted by atomic mass is 32.1. The van der Waals surface area contributed by atoms with Gasteiger partial charge in [-0.1, -0.05) is 24.3 Å². The molecule has 0 amide bonds. The first kappa shape index (κ1) is 19.6. The number of hydrogen-bond donors (Lipinski definition) is 0. The summed E-state index contributed by atoms with van der Waals surface area (Å²) in [5, 5.41) is 2.63. The van der Waals surface area contributed by atoms with Crippen LogP contribution in [0.5, 0.6) is 17.2 Å². The minimum atomic E-state index is -0.565. The molecule has 1 aromatic heterocycles. The number of nitrogens with zero attached hydrogens (tertiary/aromatic N) is 1. The Labute approximate surface area is 166 Å². The quantitative estimate of drug-likeness (QED) is 0.533. The lowest BCUT2D eigenvalue weighted by Crippen LogP contribution is -2.09. The summed E-state index contributed by atoms with van der Waals surface area (Å²) in [6.45, 7) is 0. The summed E-state index contributed by atoms with van der Waals surface area (Å²) in [5.74, 6) is 0.607. The number of carbonyl (C=O) groups is 2. The maximum Gasteiger partial charge on any atom is 0.345 e. The normalized spacial score (nSPS) is 10.4. The lowest BCUT2D eigenvalue weighted by molar-refractivity contribution is -0.117. The Kier molecular flexibility index (Phi) is 6.39. The molecule has 7 heteroatoms. The molecular formula is C21H19NO5S. The Morgan fingerprint density at radius 3 is 2.43 bits per heavy atom. The number of benzene rings is 2. The molecule has 144 valence electrons. The van der Waals surface area contributed by atoms with E-state index in [1.807, 2.05) is 23.6 Å². The number of hydrogen-bond acceptors (Lipinski definition) is 7. The first-order valence-electron chi connectivity index (χ1n) is 8.53. The van der Waals surface area contributed by atoms with E-state index in [1.54, 1.807) is 30.5 Å². The van der Waals surface area contributed by atoms with Crippen molar-refractivity contribution in [3.63, 3.8) is 0 Å². The van der Waals surface area contributed by atoms with E-state index in [2.05, 4.69) is 4.98 Å². The third kappa shape index (κ3) is 4.55. The van der Waals surface area contributed by atoms with Crippen LogP contribution in [0.15, 0.2) is 54.0 Å². The standard InChI is InChI=1S/C21H19NO5S/c1-25-17-8-5-9-18(20(17)21(24)26-2)27-16-7-4-3-6-14(16)12-15(23)13-19-22-10-11-28-19/h3-11H,12-13H2,1-2H3. The molecule has 0 N–H and O–H groups in total. The second-order valence-corrected chi connectivity index (χ2v) is 6.83. The van der Waals surface area contributed by atoms with Gasteiger partial charge in [-0.3, -0.25) is 4.79 Å². The number of rotatable bonds is 8. The van der Waals surface area contributed by atoms with Gasteiger partial charge >= 0.3 is 5.97 Å². The molecule has 0 atom stereocenters. The SMILES string of the molecule is COC(=O)c1c(OC)cccc1Oc1ccccc1CC(=O)Cc1nccs1. The molecule has 0 aliphatic carbocycles. The highest BCUT2D eigenvalue weighted by molar-refractivity contribution is 7.09. The van der Waals surface area contributed by atoms with E-state index < -0.39 is 5.97 Å². The highest BCUT2D eigenvalue weighted by Crippen LogP contribution is 2.34. The maximum absolute atomic E-state index is 12.4. The second kappa shape index (κ2) is 9.14. The van der Waals surface area contributed by atoms with Crippen LogP contribution < -0.4 is 9.47 Å². The molecule has 0 unspecified atom stereocenters. The number of Topliss-reactive ketones (excluding diaryl/α,β-unsaturated/α-hetero) is 1. The van der Waals surface area contributed by atoms with Crippen molar-refractivity contribution < 1.29 is 23.8 Å². The Hall–Kier alpha value is -3.19. The fourth-order valence-corrected chi connectivity index (χ4v) is 3.37. The molecule has 0 fully saturated rings. The van der Waals surface area contributed by atoms with Crippen LogP contribution in [-0.2, 0) is 22.4 Å². The van der Waals surface area contributed by atoms with E-state index >= 15 is 0 Å². The molecule has 3 rings (SSSR count).